The summed E-state index contributed by atoms with van der Waals surface area (Å²) in [4.78, 5) is 27.1. The van der Waals surface area contributed by atoms with E-state index in [0.717, 1.165) is 10.6 Å². The second-order valence-corrected chi connectivity index (χ2v) is 13.3. The zero-order chi connectivity index (χ0) is 27.5. The SMILES string of the molecule is CC(C)(C)Sc1cccc(Oc2ccc(C(=O)c3ccc(C(=O)c4ccc(C(C)(C)C)cc4)cc3)cc2)c1. The monoisotopic (exact) mass is 522 g/mol. The second-order valence-electron chi connectivity index (χ2n) is 11.4. The summed E-state index contributed by atoms with van der Waals surface area (Å²) in [5.41, 5.74) is 3.50. The molecule has 0 spiro atoms. The molecule has 0 bridgehead atoms. The summed E-state index contributed by atoms with van der Waals surface area (Å²) >= 11 is 1.79. The van der Waals surface area contributed by atoms with E-state index >= 15 is 0 Å². The Bertz CT molecular complexity index is 1420. The summed E-state index contributed by atoms with van der Waals surface area (Å²) < 4.78 is 6.14. The molecule has 0 aliphatic rings. The molecule has 0 aromatic heterocycles. The van der Waals surface area contributed by atoms with Gasteiger partial charge in [0.2, 0.25) is 0 Å². The van der Waals surface area contributed by atoms with Crippen molar-refractivity contribution in [3.63, 3.8) is 0 Å². The van der Waals surface area contributed by atoms with E-state index in [1.165, 1.54) is 5.56 Å². The van der Waals surface area contributed by atoms with Crippen molar-refractivity contribution in [2.45, 2.75) is 56.6 Å². The number of hydrogen-bond acceptors (Lipinski definition) is 4. The van der Waals surface area contributed by atoms with E-state index < -0.39 is 0 Å². The maximum atomic E-state index is 13.0. The van der Waals surface area contributed by atoms with E-state index in [-0.39, 0.29) is 21.7 Å². The summed E-state index contributed by atoms with van der Waals surface area (Å²) in [6.45, 7) is 13.0. The first-order valence-electron chi connectivity index (χ1n) is 12.8. The Hall–Kier alpha value is -3.63. The van der Waals surface area contributed by atoms with Crippen molar-refractivity contribution in [2.24, 2.45) is 0 Å². The van der Waals surface area contributed by atoms with Crippen LogP contribution in [0.3, 0.4) is 0 Å². The molecule has 4 aromatic carbocycles. The number of benzene rings is 4. The van der Waals surface area contributed by atoms with Crippen LogP contribution in [0.5, 0.6) is 11.5 Å². The minimum absolute atomic E-state index is 0.0320. The molecule has 38 heavy (non-hydrogen) atoms. The fraction of sp³-hybridized carbons (Fsp3) is 0.235. The largest absolute Gasteiger partial charge is 0.457 e. The zero-order valence-electron chi connectivity index (χ0n) is 22.9. The van der Waals surface area contributed by atoms with Gasteiger partial charge in [-0.3, -0.25) is 9.59 Å². The van der Waals surface area contributed by atoms with Crippen molar-refractivity contribution >= 4 is 23.3 Å². The predicted octanol–water partition coefficient (Wildman–Crippen LogP) is 9.13. The maximum absolute atomic E-state index is 13.0. The van der Waals surface area contributed by atoms with Gasteiger partial charge in [-0.2, -0.15) is 0 Å². The first-order valence-corrected chi connectivity index (χ1v) is 13.6. The van der Waals surface area contributed by atoms with Gasteiger partial charge in [-0.15, -0.1) is 11.8 Å². The quantitative estimate of drug-likeness (QED) is 0.179. The van der Waals surface area contributed by atoms with E-state index in [1.807, 2.05) is 42.5 Å². The molecule has 0 unspecified atom stereocenters. The second kappa shape index (κ2) is 11.0. The van der Waals surface area contributed by atoms with Crippen LogP contribution in [0.25, 0.3) is 0 Å². The van der Waals surface area contributed by atoms with Crippen molar-refractivity contribution in [3.8, 4) is 11.5 Å². The van der Waals surface area contributed by atoms with Crippen molar-refractivity contribution in [1.29, 1.82) is 0 Å². The number of hydrogen-bond donors (Lipinski definition) is 0. The molecule has 0 fully saturated rings. The third-order valence-electron chi connectivity index (χ3n) is 6.00. The van der Waals surface area contributed by atoms with Crippen molar-refractivity contribution in [1.82, 2.24) is 0 Å². The lowest BCUT2D eigenvalue weighted by atomic mass is 9.86. The molecule has 3 nitrogen and oxygen atoms in total. The van der Waals surface area contributed by atoms with E-state index in [4.69, 9.17) is 4.74 Å². The van der Waals surface area contributed by atoms with Gasteiger partial charge in [0.25, 0.3) is 0 Å². The van der Waals surface area contributed by atoms with Crippen molar-refractivity contribution < 1.29 is 14.3 Å². The van der Waals surface area contributed by atoms with Gasteiger partial charge in [-0.1, -0.05) is 96.1 Å². The van der Waals surface area contributed by atoms with Crippen molar-refractivity contribution in [2.75, 3.05) is 0 Å². The molecule has 4 rings (SSSR count). The van der Waals surface area contributed by atoms with E-state index in [2.05, 4.69) is 47.6 Å². The van der Waals surface area contributed by atoms with Crippen LogP contribution in [0.4, 0.5) is 0 Å². The molecule has 4 aromatic rings. The van der Waals surface area contributed by atoms with Crippen LogP contribution < -0.4 is 4.74 Å². The predicted molar refractivity (Wildman–Crippen MR) is 157 cm³/mol. The molecule has 0 N–H and O–H groups in total. The van der Waals surface area contributed by atoms with Crippen LogP contribution in [0.1, 0.15) is 78.9 Å². The van der Waals surface area contributed by atoms with Gasteiger partial charge in [-0.25, -0.2) is 0 Å². The summed E-state index contributed by atoms with van der Waals surface area (Å²) in [5.74, 6) is 1.26. The minimum Gasteiger partial charge on any atom is -0.457 e. The normalized spacial score (nSPS) is 11.7. The van der Waals surface area contributed by atoms with Crippen LogP contribution in [0.2, 0.25) is 0 Å². The third kappa shape index (κ3) is 7.02. The Balaban J connectivity index is 1.42. The lowest BCUT2D eigenvalue weighted by molar-refractivity contribution is 0.102. The summed E-state index contributed by atoms with van der Waals surface area (Å²) in [6, 6.07) is 29.7. The Morgan fingerprint density at radius 3 is 1.47 bits per heavy atom. The summed E-state index contributed by atoms with van der Waals surface area (Å²) in [7, 11) is 0. The van der Waals surface area contributed by atoms with Gasteiger partial charge in [-0.05, 0) is 53.4 Å². The van der Waals surface area contributed by atoms with Crippen LogP contribution in [0, 0.1) is 0 Å². The number of ether oxygens (including phenoxy) is 1. The maximum Gasteiger partial charge on any atom is 0.193 e. The van der Waals surface area contributed by atoms with Crippen LogP contribution in [0.15, 0.2) is 102 Å². The number of carbonyl (C=O) groups is 2. The lowest BCUT2D eigenvalue weighted by Gasteiger charge is -2.19. The minimum atomic E-state index is -0.103. The summed E-state index contributed by atoms with van der Waals surface area (Å²) in [5, 5.41) is 0. The smallest absolute Gasteiger partial charge is 0.193 e. The Labute approximate surface area is 230 Å². The number of thioether (sulfide) groups is 1. The summed E-state index contributed by atoms with van der Waals surface area (Å²) in [6.07, 6.45) is 0. The number of ketones is 2. The van der Waals surface area contributed by atoms with Gasteiger partial charge in [0, 0.05) is 31.9 Å². The molecule has 0 radical (unpaired) electrons. The van der Waals surface area contributed by atoms with Gasteiger partial charge in [0.05, 0.1) is 0 Å². The van der Waals surface area contributed by atoms with E-state index in [1.54, 1.807) is 60.3 Å². The van der Waals surface area contributed by atoms with Crippen LogP contribution >= 0.6 is 11.8 Å². The standard InChI is InChI=1S/C34H34O3S/c1-33(2,3)27-18-14-25(15-19-27)31(35)23-10-12-24(13-11-23)32(36)26-16-20-28(21-17-26)37-29-8-7-9-30(22-29)38-34(4,5)6/h7-22H,1-6H3. The van der Waals surface area contributed by atoms with Crippen LogP contribution in [-0.2, 0) is 5.41 Å². The number of rotatable bonds is 7. The highest BCUT2D eigenvalue weighted by molar-refractivity contribution is 8.00. The first-order chi connectivity index (χ1) is 17.9. The molecule has 0 aliphatic carbocycles. The molecule has 0 saturated carbocycles. The molecule has 0 heterocycles. The van der Waals surface area contributed by atoms with Gasteiger partial charge >= 0.3 is 0 Å². The highest BCUT2D eigenvalue weighted by atomic mass is 32.2. The highest BCUT2D eigenvalue weighted by Gasteiger charge is 2.16. The molecule has 194 valence electrons. The third-order valence-corrected chi connectivity index (χ3v) is 7.11. The average molecular weight is 523 g/mol. The molecular formula is C34H34O3S. The van der Waals surface area contributed by atoms with Gasteiger partial charge < -0.3 is 4.74 Å². The molecule has 0 aliphatic heterocycles. The first kappa shape index (κ1) is 27.4. The molecule has 0 amide bonds. The van der Waals surface area contributed by atoms with Crippen molar-refractivity contribution in [3.05, 3.63) is 125 Å². The highest BCUT2D eigenvalue weighted by Crippen LogP contribution is 2.34. The molecule has 0 atom stereocenters. The topological polar surface area (TPSA) is 43.4 Å². The number of carbonyl (C=O) groups excluding carboxylic acids is 2. The zero-order valence-corrected chi connectivity index (χ0v) is 23.7. The van der Waals surface area contributed by atoms with E-state index in [0.29, 0.717) is 28.0 Å². The fourth-order valence-electron chi connectivity index (χ4n) is 3.99. The Kier molecular flexibility index (Phi) is 7.94. The Morgan fingerprint density at radius 1 is 0.579 bits per heavy atom. The van der Waals surface area contributed by atoms with E-state index in [9.17, 15) is 9.59 Å². The molecule has 4 heteroatoms. The molecular weight excluding hydrogens is 488 g/mol. The molecule has 0 saturated heterocycles. The van der Waals surface area contributed by atoms with Gasteiger partial charge in [0.1, 0.15) is 11.5 Å². The van der Waals surface area contributed by atoms with Gasteiger partial charge in [0.15, 0.2) is 11.6 Å². The fourth-order valence-corrected chi connectivity index (χ4v) is 5.02. The lowest BCUT2D eigenvalue weighted by Crippen LogP contribution is -2.11. The van der Waals surface area contributed by atoms with Crippen LogP contribution in [-0.4, -0.2) is 16.3 Å². The average Bonchev–Trinajstić information content (AvgIpc) is 2.87. The Morgan fingerprint density at radius 2 is 1.03 bits per heavy atom.